The summed E-state index contributed by atoms with van der Waals surface area (Å²) in [6, 6.07) is 16.6. The first-order valence-corrected chi connectivity index (χ1v) is 13.5. The van der Waals surface area contributed by atoms with Crippen molar-refractivity contribution in [3.63, 3.8) is 0 Å². The van der Waals surface area contributed by atoms with Gasteiger partial charge in [-0.25, -0.2) is 9.97 Å². The largest absolute Gasteiger partial charge is 0.491 e. The number of rotatable bonds is 9. The van der Waals surface area contributed by atoms with Gasteiger partial charge in [-0.05, 0) is 55.5 Å². The van der Waals surface area contributed by atoms with Gasteiger partial charge in [0.2, 0.25) is 0 Å². The van der Waals surface area contributed by atoms with E-state index >= 15 is 0 Å². The Hall–Kier alpha value is -3.56. The van der Waals surface area contributed by atoms with Crippen LogP contribution in [0.4, 0.5) is 5.69 Å². The van der Waals surface area contributed by atoms with Gasteiger partial charge in [0.05, 0.1) is 28.8 Å². The molecule has 2 aromatic heterocycles. The first-order chi connectivity index (χ1) is 18.7. The van der Waals surface area contributed by atoms with Gasteiger partial charge in [0.25, 0.3) is 0 Å². The van der Waals surface area contributed by atoms with Crippen molar-refractivity contribution in [2.75, 3.05) is 57.9 Å². The molecule has 0 saturated carbocycles. The molecule has 2 aliphatic heterocycles. The van der Waals surface area contributed by atoms with Crippen LogP contribution in [0.1, 0.15) is 19.3 Å². The minimum absolute atomic E-state index is 0.0186. The molecule has 4 heterocycles. The van der Waals surface area contributed by atoms with Gasteiger partial charge >= 0.3 is 0 Å². The Morgan fingerprint density at radius 1 is 1.03 bits per heavy atom. The monoisotopic (exact) mass is 514 g/mol. The summed E-state index contributed by atoms with van der Waals surface area (Å²) in [7, 11) is 1.66. The van der Waals surface area contributed by atoms with E-state index in [0.717, 1.165) is 85.5 Å². The molecule has 9 nitrogen and oxygen atoms in total. The summed E-state index contributed by atoms with van der Waals surface area (Å²) in [6.45, 7) is 5.97. The van der Waals surface area contributed by atoms with Crippen LogP contribution in [-0.4, -0.2) is 78.5 Å². The summed E-state index contributed by atoms with van der Waals surface area (Å²) in [6.07, 6.45) is 5.02. The molecule has 4 aromatic rings. The highest BCUT2D eigenvalue weighted by Crippen LogP contribution is 2.31. The molecular weight excluding hydrogens is 480 g/mol. The third kappa shape index (κ3) is 5.08. The zero-order chi connectivity index (χ0) is 25.9. The summed E-state index contributed by atoms with van der Waals surface area (Å²) >= 11 is 0. The lowest BCUT2D eigenvalue weighted by Gasteiger charge is -2.35. The molecule has 2 aliphatic rings. The Morgan fingerprint density at radius 3 is 2.74 bits per heavy atom. The Morgan fingerprint density at radius 2 is 1.92 bits per heavy atom. The van der Waals surface area contributed by atoms with Crippen LogP contribution in [0.25, 0.3) is 27.8 Å². The second-order valence-electron chi connectivity index (χ2n) is 10.4. The zero-order valence-electron chi connectivity index (χ0n) is 21.8. The number of piperidine rings is 1. The zero-order valence-corrected chi connectivity index (χ0v) is 21.8. The topological polar surface area (TPSA) is 85.1 Å². The summed E-state index contributed by atoms with van der Waals surface area (Å²) in [4.78, 5) is 25.5. The van der Waals surface area contributed by atoms with E-state index < -0.39 is 0 Å². The summed E-state index contributed by atoms with van der Waals surface area (Å²) in [5.74, 6) is 2.29. The van der Waals surface area contributed by atoms with Gasteiger partial charge in [-0.3, -0.25) is 4.57 Å². The minimum atomic E-state index is -0.0186. The molecule has 0 radical (unpaired) electrons. The maximum absolute atomic E-state index is 10.9. The van der Waals surface area contributed by atoms with Crippen LogP contribution in [0.3, 0.4) is 0 Å². The van der Waals surface area contributed by atoms with E-state index in [0.29, 0.717) is 19.1 Å². The fourth-order valence-electron chi connectivity index (χ4n) is 5.80. The lowest BCUT2D eigenvalue weighted by atomic mass is 9.95. The second kappa shape index (κ2) is 11.0. The fraction of sp³-hybridized carbons (Fsp3) is 0.448. The van der Waals surface area contributed by atoms with Crippen molar-refractivity contribution in [3.05, 3.63) is 59.8 Å². The minimum Gasteiger partial charge on any atom is -0.491 e. The number of methoxy groups -OCH3 is 1. The Bertz CT molecular complexity index is 1410. The second-order valence-corrected chi connectivity index (χ2v) is 10.4. The van der Waals surface area contributed by atoms with Crippen LogP contribution in [0.5, 0.6) is 5.75 Å². The van der Waals surface area contributed by atoms with E-state index in [1.807, 2.05) is 29.1 Å². The van der Waals surface area contributed by atoms with Crippen molar-refractivity contribution >= 4 is 27.6 Å². The lowest BCUT2D eigenvalue weighted by Crippen LogP contribution is -2.38. The van der Waals surface area contributed by atoms with E-state index in [9.17, 15) is 4.91 Å². The molecule has 0 N–H and O–H groups in total. The standard InChI is InChI=1S/C29H34N6O3/c1-37-15-16-38-24-6-7-26-25(17-24)30-20-35(26)28-8-5-22-3-2-4-27(29(22)31-28)34-13-9-21(10-14-34)18-33-12-11-23(19-33)32-36/h2-8,17,20-21,23H,9-16,18-19H2,1H3. The average Bonchev–Trinajstić information content (AvgIpc) is 3.60. The Labute approximate surface area is 222 Å². The van der Waals surface area contributed by atoms with Crippen molar-refractivity contribution < 1.29 is 9.47 Å². The van der Waals surface area contributed by atoms with E-state index in [2.05, 4.69) is 50.3 Å². The van der Waals surface area contributed by atoms with Crippen LogP contribution in [-0.2, 0) is 4.74 Å². The number of nitroso groups, excluding NO2 is 1. The molecule has 38 heavy (non-hydrogen) atoms. The van der Waals surface area contributed by atoms with Gasteiger partial charge in [-0.2, -0.15) is 4.91 Å². The van der Waals surface area contributed by atoms with Crippen LogP contribution in [0.2, 0.25) is 0 Å². The maximum Gasteiger partial charge on any atom is 0.139 e. The molecule has 0 amide bonds. The molecule has 0 aliphatic carbocycles. The number of para-hydroxylation sites is 1. The van der Waals surface area contributed by atoms with Crippen LogP contribution < -0.4 is 9.64 Å². The summed E-state index contributed by atoms with van der Waals surface area (Å²) in [5, 5.41) is 4.38. The number of imidazole rings is 1. The lowest BCUT2D eigenvalue weighted by molar-refractivity contribution is 0.146. The van der Waals surface area contributed by atoms with E-state index in [1.54, 1.807) is 7.11 Å². The molecule has 1 unspecified atom stereocenters. The Balaban J connectivity index is 1.20. The SMILES string of the molecule is COCCOc1ccc2c(c1)ncn2-c1ccc2cccc(N3CCC(CN4CCC(N=O)C4)CC3)c2n1. The Kier molecular flexibility index (Phi) is 7.20. The van der Waals surface area contributed by atoms with E-state index in [1.165, 1.54) is 5.69 Å². The molecule has 2 saturated heterocycles. The highest BCUT2D eigenvalue weighted by molar-refractivity contribution is 5.92. The van der Waals surface area contributed by atoms with Gasteiger partial charge in [-0.1, -0.05) is 17.3 Å². The van der Waals surface area contributed by atoms with Crippen molar-refractivity contribution in [3.8, 4) is 11.6 Å². The molecule has 0 spiro atoms. The highest BCUT2D eigenvalue weighted by atomic mass is 16.5. The van der Waals surface area contributed by atoms with Crippen LogP contribution >= 0.6 is 0 Å². The molecular formula is C29H34N6O3. The smallest absolute Gasteiger partial charge is 0.139 e. The first kappa shape index (κ1) is 24.8. The number of fused-ring (bicyclic) bond motifs is 2. The number of hydrogen-bond donors (Lipinski definition) is 0. The summed E-state index contributed by atoms with van der Waals surface area (Å²) in [5.41, 5.74) is 4.06. The van der Waals surface area contributed by atoms with Crippen LogP contribution in [0.15, 0.2) is 60.0 Å². The number of nitrogens with zero attached hydrogens (tertiary/aromatic N) is 6. The maximum atomic E-state index is 10.9. The number of ether oxygens (including phenoxy) is 2. The third-order valence-corrected chi connectivity index (χ3v) is 7.87. The van der Waals surface area contributed by atoms with Crippen molar-refractivity contribution in [2.24, 2.45) is 11.1 Å². The van der Waals surface area contributed by atoms with Gasteiger partial charge in [0.15, 0.2) is 0 Å². The molecule has 198 valence electrons. The van der Waals surface area contributed by atoms with Crippen molar-refractivity contribution in [2.45, 2.75) is 25.3 Å². The number of aromatic nitrogens is 3. The third-order valence-electron chi connectivity index (χ3n) is 7.87. The van der Waals surface area contributed by atoms with E-state index in [4.69, 9.17) is 14.5 Å². The molecule has 1 atom stereocenters. The number of likely N-dealkylation sites (tertiary alicyclic amines) is 1. The van der Waals surface area contributed by atoms with Gasteiger partial charge < -0.3 is 19.3 Å². The van der Waals surface area contributed by atoms with Crippen molar-refractivity contribution in [1.82, 2.24) is 19.4 Å². The molecule has 0 bridgehead atoms. The van der Waals surface area contributed by atoms with Crippen molar-refractivity contribution in [1.29, 1.82) is 0 Å². The predicted molar refractivity (Wildman–Crippen MR) is 149 cm³/mol. The van der Waals surface area contributed by atoms with Gasteiger partial charge in [0.1, 0.15) is 30.5 Å². The molecule has 2 fully saturated rings. The average molecular weight is 515 g/mol. The van der Waals surface area contributed by atoms with E-state index in [-0.39, 0.29) is 6.04 Å². The quantitative estimate of drug-likeness (QED) is 0.237. The normalized spacial score (nSPS) is 19.0. The van der Waals surface area contributed by atoms with Crippen LogP contribution in [0, 0.1) is 10.8 Å². The summed E-state index contributed by atoms with van der Waals surface area (Å²) < 4.78 is 12.9. The number of pyridine rings is 1. The fourth-order valence-corrected chi connectivity index (χ4v) is 5.80. The molecule has 6 rings (SSSR count). The number of hydrogen-bond acceptors (Lipinski definition) is 8. The molecule has 2 aromatic carbocycles. The van der Waals surface area contributed by atoms with Gasteiger partial charge in [-0.15, -0.1) is 0 Å². The van der Waals surface area contributed by atoms with Gasteiger partial charge in [0, 0.05) is 51.3 Å². The first-order valence-electron chi connectivity index (χ1n) is 13.5. The number of benzene rings is 2. The highest BCUT2D eigenvalue weighted by Gasteiger charge is 2.28. The molecule has 9 heteroatoms. The number of anilines is 1. The predicted octanol–water partition coefficient (Wildman–Crippen LogP) is 4.66.